The number of hydrogen-bond donors (Lipinski definition) is 1. The minimum Gasteiger partial charge on any atom is -0.444 e. The number of rotatable bonds is 7. The first-order valence-corrected chi connectivity index (χ1v) is 11.3. The van der Waals surface area contributed by atoms with Crippen LogP contribution in [0.3, 0.4) is 0 Å². The highest BCUT2D eigenvalue weighted by atomic mass is 32.2. The molecule has 0 heterocycles. The molecule has 0 saturated carbocycles. The van der Waals surface area contributed by atoms with E-state index in [1.54, 1.807) is 55.5 Å². The Morgan fingerprint density at radius 2 is 1.65 bits per heavy atom. The fraction of sp³-hybridized carbons (Fsp3) is 0.200. The molecule has 0 radical (unpaired) electrons. The molecule has 2 unspecified atom stereocenters. The van der Waals surface area contributed by atoms with E-state index in [9.17, 15) is 13.8 Å². The number of anilines is 1. The third-order valence-electron chi connectivity index (χ3n) is 4.83. The summed E-state index contributed by atoms with van der Waals surface area (Å²) in [4.78, 5) is 26.6. The van der Waals surface area contributed by atoms with Gasteiger partial charge in [-0.2, -0.15) is 0 Å². The molecule has 2 atom stereocenters. The van der Waals surface area contributed by atoms with E-state index in [2.05, 4.69) is 5.32 Å². The Kier molecular flexibility index (Phi) is 7.36. The van der Waals surface area contributed by atoms with Crippen molar-refractivity contribution in [2.75, 3.05) is 11.1 Å². The van der Waals surface area contributed by atoms with Crippen molar-refractivity contribution in [3.8, 4) is 0 Å². The highest BCUT2D eigenvalue weighted by Crippen LogP contribution is 2.25. The van der Waals surface area contributed by atoms with Gasteiger partial charge in [-0.15, -0.1) is 0 Å². The summed E-state index contributed by atoms with van der Waals surface area (Å²) in [6.07, 6.45) is -1.16. The summed E-state index contributed by atoms with van der Waals surface area (Å²) in [5.41, 5.74) is 3.32. The third-order valence-corrected chi connectivity index (χ3v) is 6.20. The first kappa shape index (κ1) is 22.4. The van der Waals surface area contributed by atoms with E-state index >= 15 is 0 Å². The number of nitrogens with one attached hydrogen (secondary N) is 1. The Bertz CT molecular complexity index is 1110. The third kappa shape index (κ3) is 5.47. The largest absolute Gasteiger partial charge is 0.444 e. The van der Waals surface area contributed by atoms with E-state index in [-0.39, 0.29) is 5.56 Å². The average Bonchev–Trinajstić information content (AvgIpc) is 2.79. The van der Waals surface area contributed by atoms with E-state index in [0.29, 0.717) is 21.9 Å². The Morgan fingerprint density at radius 3 is 2.35 bits per heavy atom. The summed E-state index contributed by atoms with van der Waals surface area (Å²) in [7, 11) is -1.33. The van der Waals surface area contributed by atoms with Crippen molar-refractivity contribution < 1.29 is 18.5 Å². The lowest BCUT2D eigenvalue weighted by Gasteiger charge is -2.20. The van der Waals surface area contributed by atoms with Gasteiger partial charge in [-0.1, -0.05) is 61.5 Å². The topological polar surface area (TPSA) is 72.5 Å². The van der Waals surface area contributed by atoms with Gasteiger partial charge in [0, 0.05) is 17.0 Å². The molecule has 0 saturated heterocycles. The molecule has 0 aliphatic carbocycles. The van der Waals surface area contributed by atoms with Gasteiger partial charge in [-0.25, -0.2) is 4.79 Å². The van der Waals surface area contributed by atoms with Crippen molar-refractivity contribution in [1.29, 1.82) is 0 Å². The van der Waals surface area contributed by atoms with E-state index < -0.39 is 28.8 Å². The molecule has 6 heteroatoms. The van der Waals surface area contributed by atoms with Gasteiger partial charge in [0.2, 0.25) is 6.10 Å². The van der Waals surface area contributed by atoms with Crippen molar-refractivity contribution >= 4 is 28.4 Å². The van der Waals surface area contributed by atoms with Gasteiger partial charge in [-0.3, -0.25) is 9.00 Å². The molecular formula is C25H25NO4S. The van der Waals surface area contributed by atoms with Crippen molar-refractivity contribution in [1.82, 2.24) is 0 Å². The minimum atomic E-state index is -1.33. The van der Waals surface area contributed by atoms with E-state index in [4.69, 9.17) is 4.74 Å². The average molecular weight is 436 g/mol. The Labute approximate surface area is 184 Å². The summed E-state index contributed by atoms with van der Waals surface area (Å²) in [5, 5.41) is 2.88. The maximum atomic E-state index is 13.2. The number of amides is 1. The van der Waals surface area contributed by atoms with Crippen molar-refractivity contribution in [3.63, 3.8) is 0 Å². The molecule has 1 amide bonds. The number of esters is 1. The maximum absolute atomic E-state index is 13.2. The van der Waals surface area contributed by atoms with Gasteiger partial charge in [0.25, 0.3) is 5.91 Å². The zero-order chi connectivity index (χ0) is 22.4. The molecular weight excluding hydrogens is 410 g/mol. The van der Waals surface area contributed by atoms with Crippen LogP contribution in [0.5, 0.6) is 0 Å². The summed E-state index contributed by atoms with van der Waals surface area (Å²) in [6, 6.07) is 21.2. The van der Waals surface area contributed by atoms with Crippen molar-refractivity contribution in [3.05, 3.63) is 95.1 Å². The predicted molar refractivity (Wildman–Crippen MR) is 123 cm³/mol. The van der Waals surface area contributed by atoms with Crippen LogP contribution in [0.15, 0.2) is 77.7 Å². The summed E-state index contributed by atoms with van der Waals surface area (Å²) < 4.78 is 18.0. The van der Waals surface area contributed by atoms with E-state index in [1.165, 1.54) is 0 Å². The van der Waals surface area contributed by atoms with Crippen LogP contribution in [0.1, 0.15) is 40.1 Å². The lowest BCUT2D eigenvalue weighted by molar-refractivity contribution is -0.125. The first-order chi connectivity index (χ1) is 14.9. The Balaban J connectivity index is 1.92. The lowest BCUT2D eigenvalue weighted by Crippen LogP contribution is -2.26. The Hall–Kier alpha value is -3.25. The van der Waals surface area contributed by atoms with Gasteiger partial charge in [-0.05, 0) is 43.2 Å². The fourth-order valence-corrected chi connectivity index (χ4v) is 4.07. The normalized spacial score (nSPS) is 12.6. The van der Waals surface area contributed by atoms with E-state index in [1.807, 2.05) is 38.1 Å². The second-order valence-corrected chi connectivity index (χ2v) is 8.84. The van der Waals surface area contributed by atoms with Crippen LogP contribution < -0.4 is 5.32 Å². The zero-order valence-corrected chi connectivity index (χ0v) is 18.6. The van der Waals surface area contributed by atoms with Gasteiger partial charge >= 0.3 is 5.97 Å². The maximum Gasteiger partial charge on any atom is 0.340 e. The highest BCUT2D eigenvalue weighted by Gasteiger charge is 2.27. The molecule has 1 N–H and O–H groups in total. The highest BCUT2D eigenvalue weighted by molar-refractivity contribution is 7.85. The van der Waals surface area contributed by atoms with Crippen LogP contribution in [-0.4, -0.2) is 21.8 Å². The van der Waals surface area contributed by atoms with Gasteiger partial charge in [0.15, 0.2) is 0 Å². The zero-order valence-electron chi connectivity index (χ0n) is 17.8. The standard InChI is InChI=1S/C25H25NO4S/c1-4-31(29)22-13-9-8-12-20(22)25(28)30-23(19-10-6-5-7-11-19)24(27)26-21-16-17(2)14-15-18(21)3/h5-16,23H,4H2,1-3H3,(H,26,27). The second-order valence-electron chi connectivity index (χ2n) is 7.13. The summed E-state index contributed by atoms with van der Waals surface area (Å²) in [5.74, 6) is -0.774. The van der Waals surface area contributed by atoms with Crippen LogP contribution >= 0.6 is 0 Å². The molecule has 5 nitrogen and oxygen atoms in total. The predicted octanol–water partition coefficient (Wildman–Crippen LogP) is 4.97. The smallest absolute Gasteiger partial charge is 0.340 e. The fourth-order valence-electron chi connectivity index (χ4n) is 3.13. The first-order valence-electron chi connectivity index (χ1n) is 10.0. The van der Waals surface area contributed by atoms with Gasteiger partial charge in [0.05, 0.1) is 21.3 Å². The molecule has 0 aromatic heterocycles. The van der Waals surface area contributed by atoms with Gasteiger partial charge < -0.3 is 10.1 Å². The van der Waals surface area contributed by atoms with Gasteiger partial charge in [0.1, 0.15) is 0 Å². The van der Waals surface area contributed by atoms with Crippen LogP contribution in [0.4, 0.5) is 5.69 Å². The molecule has 0 bridgehead atoms. The SMILES string of the molecule is CCS(=O)c1ccccc1C(=O)OC(C(=O)Nc1cc(C)ccc1C)c1ccccc1. The number of carbonyl (C=O) groups excluding carboxylic acids is 2. The number of aryl methyl sites for hydroxylation is 2. The van der Waals surface area contributed by atoms with Crippen LogP contribution in [0, 0.1) is 13.8 Å². The quantitative estimate of drug-likeness (QED) is 0.532. The van der Waals surface area contributed by atoms with Crippen LogP contribution in [-0.2, 0) is 20.3 Å². The lowest BCUT2D eigenvalue weighted by atomic mass is 10.1. The molecule has 3 aromatic rings. The summed E-state index contributed by atoms with van der Waals surface area (Å²) in [6.45, 7) is 5.62. The number of benzene rings is 3. The molecule has 0 spiro atoms. The molecule has 160 valence electrons. The number of ether oxygens (including phenoxy) is 1. The monoisotopic (exact) mass is 435 g/mol. The minimum absolute atomic E-state index is 0.197. The molecule has 0 aliphatic rings. The van der Waals surface area contributed by atoms with E-state index in [0.717, 1.165) is 11.1 Å². The van der Waals surface area contributed by atoms with Crippen LogP contribution in [0.2, 0.25) is 0 Å². The summed E-state index contributed by atoms with van der Waals surface area (Å²) >= 11 is 0. The molecule has 0 fully saturated rings. The molecule has 31 heavy (non-hydrogen) atoms. The number of carbonyl (C=O) groups is 2. The van der Waals surface area contributed by atoms with Crippen molar-refractivity contribution in [2.45, 2.75) is 31.8 Å². The molecule has 3 rings (SSSR count). The molecule has 0 aliphatic heterocycles. The van der Waals surface area contributed by atoms with Crippen molar-refractivity contribution in [2.24, 2.45) is 0 Å². The second kappa shape index (κ2) is 10.2. The molecule has 3 aromatic carbocycles. The number of hydrogen-bond acceptors (Lipinski definition) is 4. The van der Waals surface area contributed by atoms with Crippen LogP contribution in [0.25, 0.3) is 0 Å². The Morgan fingerprint density at radius 1 is 0.968 bits per heavy atom.